The first-order chi connectivity index (χ1) is 18.0. The fraction of sp³-hybridized carbons (Fsp3) is 0.276. The first kappa shape index (κ1) is 24.9. The highest BCUT2D eigenvalue weighted by Gasteiger charge is 2.45. The molecule has 0 saturated carbocycles. The Kier molecular flexibility index (Phi) is 7.19. The van der Waals surface area contributed by atoms with E-state index in [4.69, 9.17) is 14.0 Å². The predicted octanol–water partition coefficient (Wildman–Crippen LogP) is 6.49. The van der Waals surface area contributed by atoms with Gasteiger partial charge in [-0.1, -0.05) is 61.0 Å². The molecule has 1 aliphatic heterocycles. The monoisotopic (exact) mass is 516 g/mol. The minimum atomic E-state index is -0.911. The highest BCUT2D eigenvalue weighted by atomic mass is 32.2. The zero-order chi connectivity index (χ0) is 25.8. The van der Waals surface area contributed by atoms with Gasteiger partial charge in [-0.25, -0.2) is 0 Å². The number of thioether (sulfide) groups is 1. The molecule has 3 aromatic carbocycles. The van der Waals surface area contributed by atoms with E-state index in [1.165, 1.54) is 0 Å². The maximum atomic E-state index is 12.1. The van der Waals surface area contributed by atoms with E-state index < -0.39 is 4.75 Å². The van der Waals surface area contributed by atoms with Crippen molar-refractivity contribution < 1.29 is 23.6 Å². The maximum Gasteiger partial charge on any atom is 0.287 e. The number of nitrogens with zero attached hydrogens (tertiary/aromatic N) is 1. The highest BCUT2D eigenvalue weighted by molar-refractivity contribution is 8.15. The van der Waals surface area contributed by atoms with Gasteiger partial charge in [0.2, 0.25) is 5.91 Å². The Morgan fingerprint density at radius 3 is 2.43 bits per heavy atom. The van der Waals surface area contributed by atoms with E-state index in [0.717, 1.165) is 63.7 Å². The lowest BCUT2D eigenvalue weighted by Gasteiger charge is -2.19. The molecule has 1 saturated heterocycles. The smallest absolute Gasteiger partial charge is 0.287 e. The van der Waals surface area contributed by atoms with Crippen LogP contribution in [-0.2, 0) is 16.0 Å². The van der Waals surface area contributed by atoms with E-state index >= 15 is 0 Å². The molecule has 1 fully saturated rings. The average Bonchev–Trinajstić information content (AvgIpc) is 3.46. The van der Waals surface area contributed by atoms with Crippen LogP contribution in [0, 0.1) is 0 Å². The fourth-order valence-corrected chi connectivity index (χ4v) is 5.34. The summed E-state index contributed by atoms with van der Waals surface area (Å²) in [6.45, 7) is 4.86. The van der Waals surface area contributed by atoms with Crippen molar-refractivity contribution in [3.05, 3.63) is 77.9 Å². The van der Waals surface area contributed by atoms with Crippen LogP contribution in [0.5, 0.6) is 11.5 Å². The summed E-state index contributed by atoms with van der Waals surface area (Å²) in [6, 6.07) is 21.3. The number of fused-ring (bicyclic) bond motifs is 1. The molecule has 0 bridgehead atoms. The lowest BCUT2D eigenvalue weighted by molar-refractivity contribution is -0.121. The number of rotatable bonds is 10. The van der Waals surface area contributed by atoms with Crippen LogP contribution in [0.2, 0.25) is 0 Å². The number of imide groups is 1. The van der Waals surface area contributed by atoms with Crippen LogP contribution in [0.15, 0.2) is 71.3 Å². The zero-order valence-corrected chi connectivity index (χ0v) is 21.6. The maximum absolute atomic E-state index is 12.1. The topological polar surface area (TPSA) is 90.7 Å². The Balaban J connectivity index is 1.19. The van der Waals surface area contributed by atoms with Crippen molar-refractivity contribution >= 4 is 33.9 Å². The van der Waals surface area contributed by atoms with Crippen molar-refractivity contribution in [1.82, 2.24) is 10.5 Å². The van der Waals surface area contributed by atoms with Crippen molar-refractivity contribution in [3.63, 3.8) is 0 Å². The van der Waals surface area contributed by atoms with Crippen LogP contribution in [-0.4, -0.2) is 29.5 Å². The molecule has 8 heteroatoms. The molecule has 1 unspecified atom stereocenters. The summed E-state index contributed by atoms with van der Waals surface area (Å²) in [4.78, 5) is 23.7. The summed E-state index contributed by atoms with van der Waals surface area (Å²) in [5.41, 5.74) is 4.44. The summed E-state index contributed by atoms with van der Waals surface area (Å²) in [5.74, 6) is 1.21. The van der Waals surface area contributed by atoms with Gasteiger partial charge in [-0.3, -0.25) is 14.9 Å². The predicted molar refractivity (Wildman–Crippen MR) is 144 cm³/mol. The van der Waals surface area contributed by atoms with Crippen molar-refractivity contribution in [2.75, 3.05) is 13.2 Å². The zero-order valence-electron chi connectivity index (χ0n) is 20.8. The first-order valence-corrected chi connectivity index (χ1v) is 13.2. The van der Waals surface area contributed by atoms with Gasteiger partial charge in [0.25, 0.3) is 5.24 Å². The van der Waals surface area contributed by atoms with E-state index in [-0.39, 0.29) is 11.1 Å². The Hall–Kier alpha value is -3.78. The largest absolute Gasteiger partial charge is 0.493 e. The van der Waals surface area contributed by atoms with Gasteiger partial charge in [0, 0.05) is 17.5 Å². The number of hydrogen-bond acceptors (Lipinski definition) is 7. The van der Waals surface area contributed by atoms with Gasteiger partial charge < -0.3 is 14.0 Å². The molecule has 2 heterocycles. The lowest BCUT2D eigenvalue weighted by Crippen LogP contribution is -2.31. The second kappa shape index (κ2) is 10.7. The third kappa shape index (κ3) is 5.06. The Bertz CT molecular complexity index is 1420. The molecule has 0 radical (unpaired) electrons. The molecule has 37 heavy (non-hydrogen) atoms. The lowest BCUT2D eigenvalue weighted by atomic mass is 9.99. The molecule has 1 N–H and O–H groups in total. The van der Waals surface area contributed by atoms with Crippen LogP contribution < -0.4 is 14.8 Å². The van der Waals surface area contributed by atoms with Gasteiger partial charge in [0.15, 0.2) is 5.58 Å². The number of benzene rings is 3. The number of nitrogens with one attached hydrogen (secondary N) is 1. The van der Waals surface area contributed by atoms with Gasteiger partial charge in [-0.2, -0.15) is 0 Å². The Labute approximate surface area is 219 Å². The minimum absolute atomic E-state index is 0.296. The molecule has 2 amide bonds. The molecule has 0 spiro atoms. The van der Waals surface area contributed by atoms with Crippen LogP contribution >= 0.6 is 11.8 Å². The third-order valence-electron chi connectivity index (χ3n) is 6.41. The minimum Gasteiger partial charge on any atom is -0.493 e. The molecular formula is C29H28N2O5S. The SMILES string of the molecule is CCCc1c(OCCCOc2ccc(C3(C)SC(=O)NC3=O)cc2)ccc2c(-c3ccccc3)noc12. The molecule has 7 nitrogen and oxygen atoms in total. The second-order valence-electron chi connectivity index (χ2n) is 9.02. The summed E-state index contributed by atoms with van der Waals surface area (Å²) in [6.07, 6.45) is 2.49. The molecular weight excluding hydrogens is 488 g/mol. The number of carbonyl (C=O) groups excluding carboxylic acids is 2. The number of hydrogen-bond donors (Lipinski definition) is 1. The Morgan fingerprint density at radius 1 is 0.973 bits per heavy atom. The van der Waals surface area contributed by atoms with Crippen LogP contribution in [0.4, 0.5) is 4.79 Å². The van der Waals surface area contributed by atoms with E-state index in [2.05, 4.69) is 17.4 Å². The van der Waals surface area contributed by atoms with Gasteiger partial charge in [0.05, 0.1) is 18.6 Å². The van der Waals surface area contributed by atoms with Crippen LogP contribution in [0.3, 0.4) is 0 Å². The number of aromatic nitrogens is 1. The molecule has 0 aliphatic carbocycles. The quantitative estimate of drug-likeness (QED) is 0.241. The molecule has 1 aliphatic rings. The summed E-state index contributed by atoms with van der Waals surface area (Å²) in [7, 11) is 0. The molecule has 190 valence electrons. The van der Waals surface area contributed by atoms with Crippen molar-refractivity contribution in [1.29, 1.82) is 0 Å². The van der Waals surface area contributed by atoms with Crippen molar-refractivity contribution in [3.8, 4) is 22.8 Å². The fourth-order valence-electron chi connectivity index (χ4n) is 4.43. The van der Waals surface area contributed by atoms with Gasteiger partial charge in [-0.15, -0.1) is 0 Å². The van der Waals surface area contributed by atoms with Gasteiger partial charge >= 0.3 is 0 Å². The van der Waals surface area contributed by atoms with E-state index in [1.807, 2.05) is 66.7 Å². The summed E-state index contributed by atoms with van der Waals surface area (Å²) >= 11 is 0.995. The third-order valence-corrected chi connectivity index (χ3v) is 7.53. The van der Waals surface area contributed by atoms with Crippen LogP contribution in [0.25, 0.3) is 22.2 Å². The number of carbonyl (C=O) groups is 2. The van der Waals surface area contributed by atoms with Crippen LogP contribution in [0.1, 0.15) is 37.8 Å². The standard InChI is InChI=1S/C29H28N2O5S/c1-3-8-22-24(16-15-23-25(31-36-26(22)23)19-9-5-4-6-10-19)35-18-7-17-34-21-13-11-20(12-14-21)29(2)27(32)30-28(33)37-29/h4-6,9-16H,3,7-8,17-18H2,1-2H3,(H,30,32,33). The van der Waals surface area contributed by atoms with Gasteiger partial charge in [-0.05, 0) is 54.9 Å². The highest BCUT2D eigenvalue weighted by Crippen LogP contribution is 2.41. The molecule has 4 aromatic rings. The summed E-state index contributed by atoms with van der Waals surface area (Å²) < 4.78 is 16.9. The second-order valence-corrected chi connectivity index (χ2v) is 10.4. The van der Waals surface area contributed by atoms with E-state index in [1.54, 1.807) is 6.92 Å². The normalized spacial score (nSPS) is 17.2. The van der Waals surface area contributed by atoms with E-state index in [9.17, 15) is 9.59 Å². The van der Waals surface area contributed by atoms with Gasteiger partial charge in [0.1, 0.15) is 21.9 Å². The Morgan fingerprint density at radius 2 is 1.73 bits per heavy atom. The number of ether oxygens (including phenoxy) is 2. The average molecular weight is 517 g/mol. The van der Waals surface area contributed by atoms with Crippen molar-refractivity contribution in [2.45, 2.75) is 37.9 Å². The summed E-state index contributed by atoms with van der Waals surface area (Å²) in [5, 5.41) is 7.35. The number of amides is 2. The molecule has 5 rings (SSSR count). The first-order valence-electron chi connectivity index (χ1n) is 12.4. The van der Waals surface area contributed by atoms with Crippen molar-refractivity contribution in [2.24, 2.45) is 0 Å². The van der Waals surface area contributed by atoms with E-state index in [0.29, 0.717) is 25.4 Å². The number of aryl methyl sites for hydroxylation is 1. The molecule has 1 atom stereocenters. The molecule has 1 aromatic heterocycles.